The molecule has 0 atom stereocenters. The van der Waals surface area contributed by atoms with Crippen molar-refractivity contribution in [2.75, 3.05) is 10.6 Å². The summed E-state index contributed by atoms with van der Waals surface area (Å²) in [6, 6.07) is 9.11. The highest BCUT2D eigenvalue weighted by atomic mass is 19.1. The van der Waals surface area contributed by atoms with Crippen LogP contribution in [0.15, 0.2) is 61.2 Å². The molecular weight excluding hydrogens is 374 g/mol. The van der Waals surface area contributed by atoms with E-state index in [1.54, 1.807) is 24.8 Å². The van der Waals surface area contributed by atoms with Gasteiger partial charge in [-0.2, -0.15) is 0 Å². The molecule has 29 heavy (non-hydrogen) atoms. The topological polar surface area (TPSA) is 75.6 Å². The van der Waals surface area contributed by atoms with Crippen molar-refractivity contribution in [1.29, 1.82) is 0 Å². The minimum Gasteiger partial charge on any atom is -0.350 e. The van der Waals surface area contributed by atoms with Gasteiger partial charge in [-0.3, -0.25) is 4.98 Å². The number of fused-ring (bicyclic) bond motifs is 5. The van der Waals surface area contributed by atoms with E-state index in [9.17, 15) is 8.78 Å². The lowest BCUT2D eigenvalue weighted by atomic mass is 10.0. The largest absolute Gasteiger partial charge is 0.350 e. The first-order valence-electron chi connectivity index (χ1n) is 8.91. The van der Waals surface area contributed by atoms with Gasteiger partial charge in [0.15, 0.2) is 0 Å². The molecule has 0 unspecified atom stereocenters. The van der Waals surface area contributed by atoms with Crippen LogP contribution in [0.25, 0.3) is 22.4 Å². The van der Waals surface area contributed by atoms with Crippen molar-refractivity contribution in [2.45, 2.75) is 6.54 Å². The molecule has 142 valence electrons. The highest BCUT2D eigenvalue weighted by molar-refractivity contribution is 5.95. The number of nitrogens with one attached hydrogen (secondary N) is 2. The maximum atomic E-state index is 13.9. The number of hydrogen-bond acceptors (Lipinski definition) is 6. The lowest BCUT2D eigenvalue weighted by molar-refractivity contribution is 0.574. The molecule has 0 aliphatic carbocycles. The summed E-state index contributed by atoms with van der Waals surface area (Å²) in [5, 5.41) is 6.30. The maximum absolute atomic E-state index is 13.9. The lowest BCUT2D eigenvalue weighted by Gasteiger charge is -2.11. The molecule has 4 heterocycles. The maximum Gasteiger partial charge on any atom is 0.223 e. The SMILES string of the molecule is Fc1ccc(CNc2ncc3c(n2)-c2cccnc2Nc2cnccc2-3)c(F)c1. The Morgan fingerprint density at radius 3 is 2.76 bits per heavy atom. The summed E-state index contributed by atoms with van der Waals surface area (Å²) in [4.78, 5) is 17.6. The second-order valence-electron chi connectivity index (χ2n) is 6.49. The molecule has 0 amide bonds. The van der Waals surface area contributed by atoms with Crippen LogP contribution in [0.1, 0.15) is 5.56 Å². The van der Waals surface area contributed by atoms with E-state index in [-0.39, 0.29) is 6.54 Å². The molecule has 4 aromatic rings. The molecule has 1 aliphatic heterocycles. The van der Waals surface area contributed by atoms with Crippen molar-refractivity contribution in [1.82, 2.24) is 19.9 Å². The summed E-state index contributed by atoms with van der Waals surface area (Å²) in [6.07, 6.45) is 6.85. The van der Waals surface area contributed by atoms with Gasteiger partial charge in [-0.1, -0.05) is 6.07 Å². The quantitative estimate of drug-likeness (QED) is 0.472. The Hall–Kier alpha value is -3.94. The van der Waals surface area contributed by atoms with Crippen LogP contribution >= 0.6 is 0 Å². The van der Waals surface area contributed by atoms with E-state index in [2.05, 4.69) is 30.6 Å². The van der Waals surface area contributed by atoms with E-state index in [4.69, 9.17) is 0 Å². The van der Waals surface area contributed by atoms with E-state index in [1.165, 1.54) is 12.1 Å². The third-order valence-corrected chi connectivity index (χ3v) is 4.67. The zero-order valence-electron chi connectivity index (χ0n) is 15.0. The van der Waals surface area contributed by atoms with Crippen LogP contribution in [0.5, 0.6) is 0 Å². The van der Waals surface area contributed by atoms with E-state index < -0.39 is 11.6 Å². The van der Waals surface area contributed by atoms with Gasteiger partial charge in [-0.15, -0.1) is 0 Å². The zero-order valence-corrected chi connectivity index (χ0v) is 15.0. The van der Waals surface area contributed by atoms with E-state index in [1.807, 2.05) is 18.2 Å². The summed E-state index contributed by atoms with van der Waals surface area (Å²) in [5.74, 6) is -0.237. The van der Waals surface area contributed by atoms with Gasteiger partial charge in [-0.05, 0) is 24.3 Å². The van der Waals surface area contributed by atoms with Crippen molar-refractivity contribution in [3.8, 4) is 22.4 Å². The second-order valence-corrected chi connectivity index (χ2v) is 6.49. The summed E-state index contributed by atoms with van der Waals surface area (Å²) in [7, 11) is 0. The normalized spacial score (nSPS) is 11.5. The predicted octanol–water partition coefficient (Wildman–Crippen LogP) is 4.55. The minimum absolute atomic E-state index is 0.129. The highest BCUT2D eigenvalue weighted by Gasteiger charge is 2.22. The Bertz CT molecular complexity index is 1230. The number of benzene rings is 1. The number of rotatable bonds is 3. The summed E-state index contributed by atoms with van der Waals surface area (Å²) < 4.78 is 27.0. The fourth-order valence-corrected chi connectivity index (χ4v) is 3.26. The molecule has 1 aromatic carbocycles. The fourth-order valence-electron chi connectivity index (χ4n) is 3.26. The Balaban J connectivity index is 1.56. The molecule has 0 radical (unpaired) electrons. The van der Waals surface area contributed by atoms with Gasteiger partial charge in [0.25, 0.3) is 0 Å². The Morgan fingerprint density at radius 1 is 0.931 bits per heavy atom. The Morgan fingerprint density at radius 2 is 1.86 bits per heavy atom. The first-order chi connectivity index (χ1) is 14.2. The van der Waals surface area contributed by atoms with Crippen molar-refractivity contribution in [2.24, 2.45) is 0 Å². The molecule has 0 saturated heterocycles. The van der Waals surface area contributed by atoms with Gasteiger partial charge in [0, 0.05) is 53.5 Å². The van der Waals surface area contributed by atoms with Gasteiger partial charge >= 0.3 is 0 Å². The highest BCUT2D eigenvalue weighted by Crippen LogP contribution is 2.41. The number of nitrogens with zero attached hydrogens (tertiary/aromatic N) is 4. The van der Waals surface area contributed by atoms with Crippen molar-refractivity contribution in [3.63, 3.8) is 0 Å². The molecular formula is C21H14F2N6. The molecule has 0 bridgehead atoms. The van der Waals surface area contributed by atoms with E-state index >= 15 is 0 Å². The van der Waals surface area contributed by atoms with Gasteiger partial charge in [0.05, 0.1) is 17.6 Å². The number of hydrogen-bond donors (Lipinski definition) is 2. The third-order valence-electron chi connectivity index (χ3n) is 4.67. The monoisotopic (exact) mass is 388 g/mol. The molecule has 0 fully saturated rings. The van der Waals surface area contributed by atoms with Crippen LogP contribution in [-0.2, 0) is 6.54 Å². The molecule has 8 heteroatoms. The van der Waals surface area contributed by atoms with Gasteiger partial charge in [0.2, 0.25) is 5.95 Å². The first kappa shape index (κ1) is 17.2. The first-order valence-corrected chi connectivity index (χ1v) is 8.91. The summed E-state index contributed by atoms with van der Waals surface area (Å²) in [5.41, 5.74) is 4.39. The smallest absolute Gasteiger partial charge is 0.223 e. The zero-order chi connectivity index (χ0) is 19.8. The number of anilines is 3. The predicted molar refractivity (Wildman–Crippen MR) is 105 cm³/mol. The van der Waals surface area contributed by atoms with Crippen LogP contribution < -0.4 is 10.6 Å². The summed E-state index contributed by atoms with van der Waals surface area (Å²) in [6.45, 7) is 0.129. The lowest BCUT2D eigenvalue weighted by Crippen LogP contribution is -2.06. The van der Waals surface area contributed by atoms with Gasteiger partial charge in [0.1, 0.15) is 17.5 Å². The van der Waals surface area contributed by atoms with Crippen LogP contribution in [0, 0.1) is 11.6 Å². The molecule has 0 spiro atoms. The van der Waals surface area contributed by atoms with E-state index in [0.29, 0.717) is 23.0 Å². The van der Waals surface area contributed by atoms with Crippen molar-refractivity contribution >= 4 is 17.5 Å². The Labute approximate surface area is 164 Å². The molecule has 6 nitrogen and oxygen atoms in total. The fraction of sp³-hybridized carbons (Fsp3) is 0.0476. The molecule has 2 N–H and O–H groups in total. The van der Waals surface area contributed by atoms with Crippen LogP contribution in [0.4, 0.5) is 26.2 Å². The van der Waals surface area contributed by atoms with Crippen molar-refractivity contribution in [3.05, 3.63) is 78.4 Å². The number of pyridine rings is 2. The molecule has 5 rings (SSSR count). The Kier molecular flexibility index (Phi) is 4.09. The average molecular weight is 388 g/mol. The molecule has 1 aliphatic rings. The van der Waals surface area contributed by atoms with E-state index in [0.717, 1.165) is 28.4 Å². The van der Waals surface area contributed by atoms with Crippen LogP contribution in [0.2, 0.25) is 0 Å². The van der Waals surface area contributed by atoms with Crippen LogP contribution in [0.3, 0.4) is 0 Å². The van der Waals surface area contributed by atoms with Gasteiger partial charge < -0.3 is 10.6 Å². The third kappa shape index (κ3) is 3.14. The number of halogens is 2. The van der Waals surface area contributed by atoms with Crippen LogP contribution in [-0.4, -0.2) is 19.9 Å². The molecule has 3 aromatic heterocycles. The minimum atomic E-state index is -0.618. The summed E-state index contributed by atoms with van der Waals surface area (Å²) >= 11 is 0. The van der Waals surface area contributed by atoms with Gasteiger partial charge in [-0.25, -0.2) is 23.7 Å². The molecule has 0 saturated carbocycles. The number of aromatic nitrogens is 4. The standard InChI is InChI=1S/C21H14F2N6/c22-13-4-3-12(17(23)8-13)9-26-21-27-10-16-14-5-7-24-11-18(14)28-20-15(19(16)29-21)2-1-6-25-20/h1-8,10-11H,9H2,(H,25,28)(H,26,27,29). The average Bonchev–Trinajstić information content (AvgIpc) is 2.87. The van der Waals surface area contributed by atoms with Crippen molar-refractivity contribution < 1.29 is 8.78 Å². The second kappa shape index (κ2) is 6.90.